The van der Waals surface area contributed by atoms with Crippen LogP contribution in [0.25, 0.3) is 0 Å². The molecule has 0 unspecified atom stereocenters. The first-order chi connectivity index (χ1) is 6.81. The standard InChI is InChI=1S/C12H17NO/c1-2-14-12-5-3-4-9-6-7-10(13)8-11(9)12/h3-5,10H,2,6-8,13H2,1H3/t10-/m0/s1. The summed E-state index contributed by atoms with van der Waals surface area (Å²) in [6.45, 7) is 2.74. The summed E-state index contributed by atoms with van der Waals surface area (Å²) in [5.74, 6) is 1.03. The zero-order valence-corrected chi connectivity index (χ0v) is 8.62. The Morgan fingerprint density at radius 1 is 1.50 bits per heavy atom. The maximum Gasteiger partial charge on any atom is 0.122 e. The summed E-state index contributed by atoms with van der Waals surface area (Å²) in [7, 11) is 0. The number of nitrogens with two attached hydrogens (primary N) is 1. The molecule has 76 valence electrons. The van der Waals surface area contributed by atoms with Crippen molar-refractivity contribution in [1.29, 1.82) is 0 Å². The van der Waals surface area contributed by atoms with Gasteiger partial charge >= 0.3 is 0 Å². The average Bonchev–Trinajstić information content (AvgIpc) is 2.19. The van der Waals surface area contributed by atoms with Crippen molar-refractivity contribution in [3.63, 3.8) is 0 Å². The van der Waals surface area contributed by atoms with Crippen LogP contribution in [0, 0.1) is 0 Å². The fourth-order valence-corrected chi connectivity index (χ4v) is 2.07. The third-order valence-electron chi connectivity index (χ3n) is 2.78. The molecule has 0 aromatic heterocycles. The van der Waals surface area contributed by atoms with Crippen LogP contribution in [-0.2, 0) is 12.8 Å². The quantitative estimate of drug-likeness (QED) is 0.775. The average molecular weight is 191 g/mol. The van der Waals surface area contributed by atoms with Crippen molar-refractivity contribution in [1.82, 2.24) is 0 Å². The maximum absolute atomic E-state index is 5.96. The minimum Gasteiger partial charge on any atom is -0.494 e. The van der Waals surface area contributed by atoms with E-state index in [-0.39, 0.29) is 0 Å². The van der Waals surface area contributed by atoms with E-state index in [2.05, 4.69) is 12.1 Å². The Kier molecular flexibility index (Phi) is 2.73. The van der Waals surface area contributed by atoms with Crippen LogP contribution in [-0.4, -0.2) is 12.6 Å². The summed E-state index contributed by atoms with van der Waals surface area (Å²) in [5, 5.41) is 0. The highest BCUT2D eigenvalue weighted by Gasteiger charge is 2.18. The van der Waals surface area contributed by atoms with Gasteiger partial charge in [-0.3, -0.25) is 0 Å². The lowest BCUT2D eigenvalue weighted by atomic mass is 9.88. The first-order valence-electron chi connectivity index (χ1n) is 5.30. The van der Waals surface area contributed by atoms with E-state index in [1.54, 1.807) is 0 Å². The van der Waals surface area contributed by atoms with Gasteiger partial charge in [-0.1, -0.05) is 12.1 Å². The lowest BCUT2D eigenvalue weighted by Crippen LogP contribution is -2.28. The van der Waals surface area contributed by atoms with E-state index < -0.39 is 0 Å². The lowest BCUT2D eigenvalue weighted by Gasteiger charge is -2.23. The fraction of sp³-hybridized carbons (Fsp3) is 0.500. The third kappa shape index (κ3) is 1.75. The van der Waals surface area contributed by atoms with Crippen LogP contribution >= 0.6 is 0 Å². The van der Waals surface area contributed by atoms with Gasteiger partial charge in [-0.05, 0) is 43.4 Å². The van der Waals surface area contributed by atoms with Gasteiger partial charge in [0.05, 0.1) is 6.61 Å². The van der Waals surface area contributed by atoms with E-state index in [1.165, 1.54) is 11.1 Å². The first-order valence-corrected chi connectivity index (χ1v) is 5.30. The van der Waals surface area contributed by atoms with Gasteiger partial charge in [-0.15, -0.1) is 0 Å². The fourth-order valence-electron chi connectivity index (χ4n) is 2.07. The Hall–Kier alpha value is -1.02. The third-order valence-corrected chi connectivity index (χ3v) is 2.78. The molecule has 0 radical (unpaired) electrons. The molecule has 2 rings (SSSR count). The van der Waals surface area contributed by atoms with Crippen molar-refractivity contribution in [2.75, 3.05) is 6.61 Å². The predicted octanol–water partition coefficient (Wildman–Crippen LogP) is 1.90. The second kappa shape index (κ2) is 4.01. The summed E-state index contributed by atoms with van der Waals surface area (Å²) in [6.07, 6.45) is 3.16. The van der Waals surface area contributed by atoms with Crippen molar-refractivity contribution >= 4 is 0 Å². The van der Waals surface area contributed by atoms with Crippen LogP contribution in [0.4, 0.5) is 0 Å². The van der Waals surface area contributed by atoms with Gasteiger partial charge in [0.25, 0.3) is 0 Å². The molecular weight excluding hydrogens is 174 g/mol. The Bertz CT molecular complexity index is 322. The number of hydrogen-bond acceptors (Lipinski definition) is 2. The maximum atomic E-state index is 5.96. The SMILES string of the molecule is CCOc1cccc2c1C[C@@H](N)CC2. The molecule has 1 aliphatic carbocycles. The minimum atomic E-state index is 0.309. The van der Waals surface area contributed by atoms with Crippen LogP contribution in [0.2, 0.25) is 0 Å². The molecule has 2 N–H and O–H groups in total. The van der Waals surface area contributed by atoms with Gasteiger partial charge in [0.15, 0.2) is 0 Å². The molecule has 0 bridgehead atoms. The molecule has 1 aliphatic rings. The molecule has 1 aromatic carbocycles. The van der Waals surface area contributed by atoms with E-state index in [0.717, 1.165) is 31.6 Å². The van der Waals surface area contributed by atoms with Gasteiger partial charge in [-0.2, -0.15) is 0 Å². The smallest absolute Gasteiger partial charge is 0.122 e. The van der Waals surface area contributed by atoms with Crippen LogP contribution < -0.4 is 10.5 Å². The highest BCUT2D eigenvalue weighted by molar-refractivity contribution is 5.42. The number of hydrogen-bond donors (Lipinski definition) is 1. The zero-order valence-electron chi connectivity index (χ0n) is 8.62. The van der Waals surface area contributed by atoms with E-state index >= 15 is 0 Å². The molecule has 0 amide bonds. The van der Waals surface area contributed by atoms with Crippen LogP contribution in [0.15, 0.2) is 18.2 Å². The molecule has 14 heavy (non-hydrogen) atoms. The Labute approximate surface area is 85.1 Å². The normalized spacial score (nSPS) is 20.3. The highest BCUT2D eigenvalue weighted by atomic mass is 16.5. The molecule has 0 heterocycles. The molecule has 1 atom stereocenters. The summed E-state index contributed by atoms with van der Waals surface area (Å²) in [5.41, 5.74) is 8.70. The first kappa shape index (κ1) is 9.53. The number of rotatable bonds is 2. The van der Waals surface area contributed by atoms with E-state index in [9.17, 15) is 0 Å². The van der Waals surface area contributed by atoms with E-state index in [1.807, 2.05) is 13.0 Å². The van der Waals surface area contributed by atoms with Gasteiger partial charge < -0.3 is 10.5 Å². The number of benzene rings is 1. The number of ether oxygens (including phenoxy) is 1. The van der Waals surface area contributed by atoms with Crippen molar-refractivity contribution in [3.8, 4) is 5.75 Å². The lowest BCUT2D eigenvalue weighted by molar-refractivity contribution is 0.333. The predicted molar refractivity (Wildman–Crippen MR) is 57.6 cm³/mol. The van der Waals surface area contributed by atoms with Crippen LogP contribution in [0.3, 0.4) is 0 Å². The Morgan fingerprint density at radius 3 is 3.14 bits per heavy atom. The van der Waals surface area contributed by atoms with E-state index in [0.29, 0.717) is 6.04 Å². The largest absolute Gasteiger partial charge is 0.494 e. The minimum absolute atomic E-state index is 0.309. The van der Waals surface area contributed by atoms with Crippen molar-refractivity contribution in [3.05, 3.63) is 29.3 Å². The Morgan fingerprint density at radius 2 is 2.36 bits per heavy atom. The van der Waals surface area contributed by atoms with Crippen molar-refractivity contribution in [2.45, 2.75) is 32.2 Å². The zero-order chi connectivity index (χ0) is 9.97. The van der Waals surface area contributed by atoms with Gasteiger partial charge in [0.1, 0.15) is 5.75 Å². The van der Waals surface area contributed by atoms with Crippen molar-refractivity contribution in [2.24, 2.45) is 5.73 Å². The van der Waals surface area contributed by atoms with E-state index in [4.69, 9.17) is 10.5 Å². The summed E-state index contributed by atoms with van der Waals surface area (Å²) in [4.78, 5) is 0. The van der Waals surface area contributed by atoms with Crippen LogP contribution in [0.5, 0.6) is 5.75 Å². The summed E-state index contributed by atoms with van der Waals surface area (Å²) < 4.78 is 5.60. The number of aryl methyl sites for hydroxylation is 1. The molecule has 2 nitrogen and oxygen atoms in total. The second-order valence-corrected chi connectivity index (χ2v) is 3.83. The molecule has 0 saturated carbocycles. The van der Waals surface area contributed by atoms with Gasteiger partial charge in [-0.25, -0.2) is 0 Å². The number of fused-ring (bicyclic) bond motifs is 1. The topological polar surface area (TPSA) is 35.2 Å². The monoisotopic (exact) mass is 191 g/mol. The molecule has 1 aromatic rings. The van der Waals surface area contributed by atoms with Gasteiger partial charge in [0.2, 0.25) is 0 Å². The summed E-state index contributed by atoms with van der Waals surface area (Å²) in [6, 6.07) is 6.61. The molecular formula is C12H17NO. The molecule has 0 saturated heterocycles. The van der Waals surface area contributed by atoms with Crippen LogP contribution in [0.1, 0.15) is 24.5 Å². The summed E-state index contributed by atoms with van der Waals surface area (Å²) >= 11 is 0. The highest BCUT2D eigenvalue weighted by Crippen LogP contribution is 2.28. The molecule has 0 spiro atoms. The molecule has 2 heteroatoms. The second-order valence-electron chi connectivity index (χ2n) is 3.83. The van der Waals surface area contributed by atoms with Crippen molar-refractivity contribution < 1.29 is 4.74 Å². The Balaban J connectivity index is 2.33. The van der Waals surface area contributed by atoms with Gasteiger partial charge in [0, 0.05) is 6.04 Å². The molecule has 0 fully saturated rings. The molecule has 0 aliphatic heterocycles.